The minimum absolute atomic E-state index is 0.0398. The lowest BCUT2D eigenvalue weighted by atomic mass is 9.94. The number of aliphatic hydroxyl groups excluding tert-OH is 1. The summed E-state index contributed by atoms with van der Waals surface area (Å²) in [7, 11) is 0. The number of aryl methyl sites for hydroxylation is 1. The molecule has 5 heteroatoms. The molecule has 1 atom stereocenters. The molecule has 2 aromatic carbocycles. The van der Waals surface area contributed by atoms with E-state index in [9.17, 15) is 19.8 Å². The van der Waals surface area contributed by atoms with Crippen LogP contribution in [0.4, 0.5) is 0 Å². The Kier molecular flexibility index (Phi) is 5.04. The summed E-state index contributed by atoms with van der Waals surface area (Å²) < 4.78 is 0. The summed E-state index contributed by atoms with van der Waals surface area (Å²) in [5, 5.41) is 20.7. The quantitative estimate of drug-likeness (QED) is 0.491. The average molecular weight is 365 g/mol. The van der Waals surface area contributed by atoms with Crippen LogP contribution in [0.2, 0.25) is 0 Å². The average Bonchev–Trinajstić information content (AvgIpc) is 2.86. The second-order valence-corrected chi connectivity index (χ2v) is 7.31. The molecule has 27 heavy (non-hydrogen) atoms. The Hall–Kier alpha value is -3.08. The van der Waals surface area contributed by atoms with Crippen molar-refractivity contribution in [3.63, 3.8) is 0 Å². The first-order chi connectivity index (χ1) is 12.8. The standard InChI is InChI=1S/C22H23NO4/c1-13(2)12-23-19(16-5-4-6-17(24)11-16)18(21(26)22(23)27)20(25)15-9-7-14(3)8-10-15/h4-11,13,19,24-25H,12H2,1-3H3/b20-18+. The van der Waals surface area contributed by atoms with Crippen LogP contribution < -0.4 is 0 Å². The topological polar surface area (TPSA) is 77.8 Å². The number of carbonyl (C=O) groups excluding carboxylic acids is 2. The van der Waals surface area contributed by atoms with E-state index in [4.69, 9.17) is 0 Å². The lowest BCUT2D eigenvalue weighted by molar-refractivity contribution is -0.140. The fraction of sp³-hybridized carbons (Fsp3) is 0.273. The van der Waals surface area contributed by atoms with Gasteiger partial charge in [-0.2, -0.15) is 0 Å². The number of phenolic OH excluding ortho intramolecular Hbond substituents is 1. The van der Waals surface area contributed by atoms with Crippen molar-refractivity contribution in [1.82, 2.24) is 4.90 Å². The van der Waals surface area contributed by atoms with E-state index < -0.39 is 17.7 Å². The highest BCUT2D eigenvalue weighted by Crippen LogP contribution is 2.40. The van der Waals surface area contributed by atoms with Gasteiger partial charge < -0.3 is 15.1 Å². The first-order valence-electron chi connectivity index (χ1n) is 8.94. The van der Waals surface area contributed by atoms with Gasteiger partial charge in [0.15, 0.2) is 0 Å². The van der Waals surface area contributed by atoms with Crippen molar-refractivity contribution in [1.29, 1.82) is 0 Å². The first-order valence-corrected chi connectivity index (χ1v) is 8.94. The van der Waals surface area contributed by atoms with Gasteiger partial charge in [0.05, 0.1) is 11.6 Å². The number of amides is 1. The minimum atomic E-state index is -0.735. The van der Waals surface area contributed by atoms with E-state index in [0.717, 1.165) is 5.56 Å². The summed E-state index contributed by atoms with van der Waals surface area (Å²) in [6.07, 6.45) is 0. The van der Waals surface area contributed by atoms with Gasteiger partial charge in [-0.05, 0) is 30.5 Å². The van der Waals surface area contributed by atoms with Gasteiger partial charge in [0.1, 0.15) is 11.5 Å². The number of nitrogens with zero attached hydrogens (tertiary/aromatic N) is 1. The Labute approximate surface area is 158 Å². The van der Waals surface area contributed by atoms with Gasteiger partial charge in [-0.25, -0.2) is 0 Å². The van der Waals surface area contributed by atoms with Crippen LogP contribution in [0.1, 0.15) is 36.6 Å². The van der Waals surface area contributed by atoms with E-state index in [-0.39, 0.29) is 23.0 Å². The summed E-state index contributed by atoms with van der Waals surface area (Å²) in [6, 6.07) is 12.8. The van der Waals surface area contributed by atoms with Gasteiger partial charge in [-0.3, -0.25) is 9.59 Å². The number of phenols is 1. The van der Waals surface area contributed by atoms with E-state index in [1.54, 1.807) is 24.3 Å². The molecular formula is C22H23NO4. The molecule has 140 valence electrons. The third kappa shape index (κ3) is 3.58. The van der Waals surface area contributed by atoms with Crippen molar-refractivity contribution >= 4 is 17.4 Å². The van der Waals surface area contributed by atoms with Crippen molar-refractivity contribution in [2.24, 2.45) is 5.92 Å². The van der Waals surface area contributed by atoms with Crippen molar-refractivity contribution in [3.8, 4) is 5.75 Å². The molecule has 1 saturated heterocycles. The Morgan fingerprint density at radius 3 is 2.37 bits per heavy atom. The fourth-order valence-electron chi connectivity index (χ4n) is 3.37. The molecule has 1 unspecified atom stereocenters. The summed E-state index contributed by atoms with van der Waals surface area (Å²) in [6.45, 7) is 6.21. The minimum Gasteiger partial charge on any atom is -0.508 e. The Bertz CT molecular complexity index is 912. The van der Waals surface area contributed by atoms with Crippen molar-refractivity contribution in [2.45, 2.75) is 26.8 Å². The second kappa shape index (κ2) is 7.27. The molecular weight excluding hydrogens is 342 g/mol. The maximum absolute atomic E-state index is 12.8. The molecule has 1 aliphatic rings. The number of aliphatic hydroxyl groups is 1. The van der Waals surface area contributed by atoms with Crippen LogP contribution in [0.15, 0.2) is 54.1 Å². The Morgan fingerprint density at radius 1 is 1.11 bits per heavy atom. The van der Waals surface area contributed by atoms with Crippen LogP contribution in [0.3, 0.4) is 0 Å². The van der Waals surface area contributed by atoms with E-state index >= 15 is 0 Å². The molecule has 0 bridgehead atoms. The molecule has 1 amide bonds. The monoisotopic (exact) mass is 365 g/mol. The summed E-state index contributed by atoms with van der Waals surface area (Å²) in [5.74, 6) is -1.36. The number of hydrogen-bond acceptors (Lipinski definition) is 4. The third-order valence-corrected chi connectivity index (χ3v) is 4.61. The summed E-state index contributed by atoms with van der Waals surface area (Å²) in [5.41, 5.74) is 2.14. The molecule has 1 heterocycles. The second-order valence-electron chi connectivity index (χ2n) is 7.31. The maximum Gasteiger partial charge on any atom is 0.295 e. The first kappa shape index (κ1) is 18.7. The predicted octanol–water partition coefficient (Wildman–Crippen LogP) is 3.78. The third-order valence-electron chi connectivity index (χ3n) is 4.61. The number of likely N-dealkylation sites (tertiary alicyclic amines) is 1. The molecule has 1 aliphatic heterocycles. The maximum atomic E-state index is 12.8. The number of aromatic hydroxyl groups is 1. The van der Waals surface area contributed by atoms with E-state index in [0.29, 0.717) is 17.7 Å². The molecule has 0 aromatic heterocycles. The van der Waals surface area contributed by atoms with Gasteiger partial charge in [-0.1, -0.05) is 55.8 Å². The predicted molar refractivity (Wildman–Crippen MR) is 103 cm³/mol. The smallest absolute Gasteiger partial charge is 0.295 e. The van der Waals surface area contributed by atoms with Crippen LogP contribution in [-0.4, -0.2) is 33.3 Å². The normalized spacial score (nSPS) is 19.1. The fourth-order valence-corrected chi connectivity index (χ4v) is 3.37. The van der Waals surface area contributed by atoms with Gasteiger partial charge in [0.2, 0.25) is 0 Å². The zero-order valence-electron chi connectivity index (χ0n) is 15.6. The van der Waals surface area contributed by atoms with Crippen LogP contribution in [-0.2, 0) is 9.59 Å². The lowest BCUT2D eigenvalue weighted by Gasteiger charge is -2.27. The molecule has 2 N–H and O–H groups in total. The highest BCUT2D eigenvalue weighted by Gasteiger charge is 2.46. The number of rotatable bonds is 4. The number of hydrogen-bond donors (Lipinski definition) is 2. The molecule has 0 spiro atoms. The number of Topliss-reactive ketones (excluding diaryl/α,β-unsaturated/α-hetero) is 1. The number of benzene rings is 2. The Morgan fingerprint density at radius 2 is 1.78 bits per heavy atom. The molecule has 1 fully saturated rings. The molecule has 0 aliphatic carbocycles. The Balaban J connectivity index is 2.19. The van der Waals surface area contributed by atoms with Crippen LogP contribution in [0, 0.1) is 12.8 Å². The molecule has 2 aromatic rings. The number of carbonyl (C=O) groups is 2. The lowest BCUT2D eigenvalue weighted by Crippen LogP contribution is -2.33. The molecule has 0 radical (unpaired) electrons. The summed E-state index contributed by atoms with van der Waals surface area (Å²) >= 11 is 0. The van der Waals surface area contributed by atoms with Crippen molar-refractivity contribution in [2.75, 3.05) is 6.54 Å². The van der Waals surface area contributed by atoms with Gasteiger partial charge in [0, 0.05) is 12.1 Å². The van der Waals surface area contributed by atoms with E-state index in [1.807, 2.05) is 32.9 Å². The zero-order valence-corrected chi connectivity index (χ0v) is 15.6. The molecule has 5 nitrogen and oxygen atoms in total. The van der Waals surface area contributed by atoms with E-state index in [1.165, 1.54) is 17.0 Å². The van der Waals surface area contributed by atoms with Gasteiger partial charge in [0.25, 0.3) is 11.7 Å². The van der Waals surface area contributed by atoms with Crippen LogP contribution >= 0.6 is 0 Å². The van der Waals surface area contributed by atoms with Crippen LogP contribution in [0.5, 0.6) is 5.75 Å². The van der Waals surface area contributed by atoms with Crippen LogP contribution in [0.25, 0.3) is 5.76 Å². The molecule has 3 rings (SSSR count). The highest BCUT2D eigenvalue weighted by atomic mass is 16.3. The summed E-state index contributed by atoms with van der Waals surface area (Å²) in [4.78, 5) is 26.9. The van der Waals surface area contributed by atoms with E-state index in [2.05, 4.69) is 0 Å². The highest BCUT2D eigenvalue weighted by molar-refractivity contribution is 6.46. The number of ketones is 1. The SMILES string of the molecule is Cc1ccc(/C(O)=C2\C(=O)C(=O)N(CC(C)C)C2c2cccc(O)c2)cc1. The largest absolute Gasteiger partial charge is 0.508 e. The van der Waals surface area contributed by atoms with Crippen molar-refractivity contribution in [3.05, 3.63) is 70.8 Å². The van der Waals surface area contributed by atoms with Gasteiger partial charge in [-0.15, -0.1) is 0 Å². The van der Waals surface area contributed by atoms with Crippen molar-refractivity contribution < 1.29 is 19.8 Å². The molecule has 0 saturated carbocycles. The zero-order chi connectivity index (χ0) is 19.7. The van der Waals surface area contributed by atoms with Gasteiger partial charge >= 0.3 is 0 Å².